The third kappa shape index (κ3) is 2.73. The van der Waals surface area contributed by atoms with E-state index in [0.717, 1.165) is 9.87 Å². The van der Waals surface area contributed by atoms with Crippen LogP contribution in [0.4, 0.5) is 11.4 Å². The molecule has 0 atom stereocenters. The van der Waals surface area contributed by atoms with Crippen LogP contribution in [-0.4, -0.2) is 15.5 Å². The molecule has 0 aliphatic carbocycles. The first-order valence-corrected chi connectivity index (χ1v) is 7.75. The number of nitrogens with zero attached hydrogens (tertiary/aromatic N) is 1. The fraction of sp³-hybridized carbons (Fsp3) is 0.143. The van der Waals surface area contributed by atoms with Gasteiger partial charge in [0.25, 0.3) is 10.0 Å². The number of sulfonamides is 1. The Morgan fingerprint density at radius 2 is 1.85 bits per heavy atom. The molecule has 0 fully saturated rings. The number of rotatable bonds is 3. The summed E-state index contributed by atoms with van der Waals surface area (Å²) in [5.74, 6) is 0. The van der Waals surface area contributed by atoms with Crippen molar-refractivity contribution in [3.05, 3.63) is 53.1 Å². The van der Waals surface area contributed by atoms with Gasteiger partial charge in [0.1, 0.15) is 0 Å². The van der Waals surface area contributed by atoms with Crippen molar-refractivity contribution in [2.24, 2.45) is 0 Å². The summed E-state index contributed by atoms with van der Waals surface area (Å²) >= 11 is 5.91. The van der Waals surface area contributed by atoms with E-state index in [1.807, 2.05) is 13.0 Å². The minimum absolute atomic E-state index is 0.222. The molecule has 2 aromatic carbocycles. The van der Waals surface area contributed by atoms with Crippen molar-refractivity contribution in [2.45, 2.75) is 11.8 Å². The third-order valence-electron chi connectivity index (χ3n) is 2.98. The van der Waals surface area contributed by atoms with Crippen LogP contribution in [0.5, 0.6) is 0 Å². The highest BCUT2D eigenvalue weighted by Crippen LogP contribution is 2.30. The van der Waals surface area contributed by atoms with Crippen molar-refractivity contribution in [3.8, 4) is 0 Å². The Kier molecular flexibility index (Phi) is 3.92. The molecule has 0 aliphatic rings. The molecule has 20 heavy (non-hydrogen) atoms. The van der Waals surface area contributed by atoms with Crippen LogP contribution in [0.15, 0.2) is 47.4 Å². The number of nitrogens with two attached hydrogens (primary N) is 1. The maximum atomic E-state index is 12.6. The van der Waals surface area contributed by atoms with Crippen molar-refractivity contribution >= 4 is 33.0 Å². The molecule has 106 valence electrons. The van der Waals surface area contributed by atoms with Gasteiger partial charge in [-0.15, -0.1) is 0 Å². The van der Waals surface area contributed by atoms with Crippen LogP contribution in [0.3, 0.4) is 0 Å². The standard InChI is InChI=1S/C14H15ClN2O2S/c1-10-4-3-5-12(8-10)20(18,19)17(2)14-9-11(15)6-7-13(14)16/h3-9H,16H2,1-2H3. The number of anilines is 2. The fourth-order valence-electron chi connectivity index (χ4n) is 1.85. The van der Waals surface area contributed by atoms with E-state index in [9.17, 15) is 8.42 Å². The second-order valence-electron chi connectivity index (χ2n) is 4.49. The first-order chi connectivity index (χ1) is 9.32. The Hall–Kier alpha value is -1.72. The molecule has 0 aromatic heterocycles. The second kappa shape index (κ2) is 5.34. The predicted octanol–water partition coefficient (Wildman–Crippen LogP) is 3.06. The summed E-state index contributed by atoms with van der Waals surface area (Å²) < 4.78 is 26.3. The lowest BCUT2D eigenvalue weighted by molar-refractivity contribution is 0.594. The van der Waals surface area contributed by atoms with Gasteiger partial charge in [-0.05, 0) is 42.8 Å². The highest BCUT2D eigenvalue weighted by Gasteiger charge is 2.23. The van der Waals surface area contributed by atoms with Gasteiger partial charge in [0.05, 0.1) is 16.3 Å². The van der Waals surface area contributed by atoms with Crippen LogP contribution in [0.1, 0.15) is 5.56 Å². The summed E-state index contributed by atoms with van der Waals surface area (Å²) in [5.41, 5.74) is 7.42. The molecule has 0 heterocycles. The van der Waals surface area contributed by atoms with Crippen LogP contribution in [0.25, 0.3) is 0 Å². The smallest absolute Gasteiger partial charge is 0.264 e. The normalized spacial score (nSPS) is 11.3. The van der Waals surface area contributed by atoms with E-state index in [0.29, 0.717) is 16.4 Å². The summed E-state index contributed by atoms with van der Waals surface area (Å²) in [5, 5.41) is 0.431. The SMILES string of the molecule is Cc1cccc(S(=O)(=O)N(C)c2cc(Cl)ccc2N)c1. The molecule has 2 rings (SSSR count). The average molecular weight is 311 g/mol. The predicted molar refractivity (Wildman–Crippen MR) is 82.6 cm³/mol. The van der Waals surface area contributed by atoms with E-state index >= 15 is 0 Å². The van der Waals surface area contributed by atoms with E-state index in [-0.39, 0.29) is 4.90 Å². The van der Waals surface area contributed by atoms with Crippen molar-refractivity contribution in [1.29, 1.82) is 0 Å². The maximum absolute atomic E-state index is 12.6. The summed E-state index contributed by atoms with van der Waals surface area (Å²) in [6, 6.07) is 11.5. The van der Waals surface area contributed by atoms with Crippen LogP contribution < -0.4 is 10.0 Å². The van der Waals surface area contributed by atoms with Crippen molar-refractivity contribution in [2.75, 3.05) is 17.1 Å². The van der Waals surface area contributed by atoms with Gasteiger partial charge in [-0.1, -0.05) is 23.7 Å². The van der Waals surface area contributed by atoms with Crippen LogP contribution in [-0.2, 0) is 10.0 Å². The Morgan fingerprint density at radius 3 is 2.50 bits per heavy atom. The van der Waals surface area contributed by atoms with Crippen LogP contribution >= 0.6 is 11.6 Å². The second-order valence-corrected chi connectivity index (χ2v) is 6.90. The van der Waals surface area contributed by atoms with Gasteiger partial charge in [-0.25, -0.2) is 8.42 Å². The monoisotopic (exact) mass is 310 g/mol. The number of benzene rings is 2. The largest absolute Gasteiger partial charge is 0.397 e. The first-order valence-electron chi connectivity index (χ1n) is 5.93. The van der Waals surface area contributed by atoms with E-state index < -0.39 is 10.0 Å². The molecular formula is C14H15ClN2O2S. The molecule has 6 heteroatoms. The van der Waals surface area contributed by atoms with Crippen molar-refractivity contribution < 1.29 is 8.42 Å². The number of aryl methyl sites for hydroxylation is 1. The highest BCUT2D eigenvalue weighted by molar-refractivity contribution is 7.92. The van der Waals surface area contributed by atoms with Crippen LogP contribution in [0.2, 0.25) is 5.02 Å². The topological polar surface area (TPSA) is 63.4 Å². The van der Waals surface area contributed by atoms with Crippen molar-refractivity contribution in [1.82, 2.24) is 0 Å². The van der Waals surface area contributed by atoms with Crippen LogP contribution in [0, 0.1) is 6.92 Å². The molecule has 0 amide bonds. The summed E-state index contributed by atoms with van der Waals surface area (Å²) in [6.07, 6.45) is 0. The van der Waals surface area contributed by atoms with E-state index in [2.05, 4.69) is 0 Å². The summed E-state index contributed by atoms with van der Waals surface area (Å²) in [6.45, 7) is 1.84. The Morgan fingerprint density at radius 1 is 1.15 bits per heavy atom. The molecule has 4 nitrogen and oxygen atoms in total. The Labute approximate surface area is 123 Å². The minimum atomic E-state index is -3.66. The van der Waals surface area contributed by atoms with Gasteiger partial charge < -0.3 is 5.73 Å². The molecule has 0 radical (unpaired) electrons. The summed E-state index contributed by atoms with van der Waals surface area (Å²) in [7, 11) is -2.20. The van der Waals surface area contributed by atoms with Gasteiger partial charge in [0.2, 0.25) is 0 Å². The molecular weight excluding hydrogens is 296 g/mol. The molecule has 0 spiro atoms. The molecule has 0 saturated heterocycles. The quantitative estimate of drug-likeness (QED) is 0.886. The third-order valence-corrected chi connectivity index (χ3v) is 4.98. The lowest BCUT2D eigenvalue weighted by Crippen LogP contribution is -2.27. The molecule has 0 saturated carbocycles. The lowest BCUT2D eigenvalue weighted by atomic mass is 10.2. The van der Waals surface area contributed by atoms with Gasteiger partial charge >= 0.3 is 0 Å². The number of hydrogen-bond donors (Lipinski definition) is 1. The summed E-state index contributed by atoms with van der Waals surface area (Å²) in [4.78, 5) is 0.222. The Bertz CT molecular complexity index is 745. The van der Waals surface area contributed by atoms with E-state index in [4.69, 9.17) is 17.3 Å². The van der Waals surface area contributed by atoms with Crippen molar-refractivity contribution in [3.63, 3.8) is 0 Å². The molecule has 2 aromatic rings. The zero-order valence-corrected chi connectivity index (χ0v) is 12.7. The number of hydrogen-bond acceptors (Lipinski definition) is 3. The fourth-order valence-corrected chi connectivity index (χ4v) is 3.34. The average Bonchev–Trinajstić information content (AvgIpc) is 2.40. The van der Waals surface area contributed by atoms with E-state index in [1.54, 1.807) is 30.3 Å². The maximum Gasteiger partial charge on any atom is 0.264 e. The first kappa shape index (κ1) is 14.7. The minimum Gasteiger partial charge on any atom is -0.397 e. The van der Waals surface area contributed by atoms with Gasteiger partial charge in [-0.2, -0.15) is 0 Å². The van der Waals surface area contributed by atoms with Gasteiger partial charge in [0.15, 0.2) is 0 Å². The number of nitrogen functional groups attached to an aromatic ring is 1. The molecule has 2 N–H and O–H groups in total. The highest BCUT2D eigenvalue weighted by atomic mass is 35.5. The van der Waals surface area contributed by atoms with Gasteiger partial charge in [0, 0.05) is 12.1 Å². The molecule has 0 bridgehead atoms. The van der Waals surface area contributed by atoms with Gasteiger partial charge in [-0.3, -0.25) is 4.31 Å². The molecule has 0 aliphatic heterocycles. The van der Waals surface area contributed by atoms with E-state index in [1.165, 1.54) is 13.1 Å². The zero-order valence-electron chi connectivity index (χ0n) is 11.2. The Balaban J connectivity index is 2.51. The number of halogens is 1. The lowest BCUT2D eigenvalue weighted by Gasteiger charge is -2.21. The zero-order chi connectivity index (χ0) is 14.9. The molecule has 0 unspecified atom stereocenters.